The van der Waals surface area contributed by atoms with Gasteiger partial charge in [0.25, 0.3) is 11.8 Å². The molecule has 0 fully saturated rings. The lowest BCUT2D eigenvalue weighted by atomic mass is 10.1. The van der Waals surface area contributed by atoms with Gasteiger partial charge in [-0.2, -0.15) is 0 Å². The van der Waals surface area contributed by atoms with E-state index in [4.69, 9.17) is 9.47 Å². The molecule has 3 aromatic carbocycles. The molecule has 7 heteroatoms. The van der Waals surface area contributed by atoms with Crippen molar-refractivity contribution in [1.82, 2.24) is 10.2 Å². The van der Waals surface area contributed by atoms with Gasteiger partial charge in [-0.1, -0.05) is 60.7 Å². The fourth-order valence-corrected chi connectivity index (χ4v) is 3.36. The van der Waals surface area contributed by atoms with E-state index in [1.165, 1.54) is 14.0 Å². The van der Waals surface area contributed by atoms with Crippen LogP contribution >= 0.6 is 0 Å². The molecule has 0 radical (unpaired) electrons. The Kier molecular flexibility index (Phi) is 8.80. The number of methoxy groups -OCH3 is 1. The number of benzene rings is 3. The molecule has 34 heavy (non-hydrogen) atoms. The minimum Gasteiger partial charge on any atom is -0.497 e. The van der Waals surface area contributed by atoms with Crippen molar-refractivity contribution < 1.29 is 23.9 Å². The van der Waals surface area contributed by atoms with E-state index in [0.29, 0.717) is 24.4 Å². The standard InChI is InChI=1S/C27H28N2O5/c1-20(34-25(30)17-28-26(31)23-13-15-24(33-2)16-14-23)27(32)29(18-21-9-5-3-6-10-21)19-22-11-7-4-8-12-22/h3-16,20H,17-19H2,1-2H3,(H,28,31). The Morgan fingerprint density at radius 1 is 0.824 bits per heavy atom. The lowest BCUT2D eigenvalue weighted by molar-refractivity contribution is -0.158. The molecule has 0 spiro atoms. The maximum atomic E-state index is 13.2. The SMILES string of the molecule is COc1ccc(C(=O)NCC(=O)OC(C)C(=O)N(Cc2ccccc2)Cc2ccccc2)cc1. The molecule has 7 nitrogen and oxygen atoms in total. The molecular weight excluding hydrogens is 432 g/mol. The quantitative estimate of drug-likeness (QED) is 0.468. The van der Waals surface area contributed by atoms with Crippen LogP contribution in [0, 0.1) is 0 Å². The van der Waals surface area contributed by atoms with Crippen LogP contribution in [0.4, 0.5) is 0 Å². The summed E-state index contributed by atoms with van der Waals surface area (Å²) in [5, 5.41) is 2.51. The van der Waals surface area contributed by atoms with Crippen molar-refractivity contribution in [1.29, 1.82) is 0 Å². The molecule has 1 N–H and O–H groups in total. The normalized spacial score (nSPS) is 11.2. The lowest BCUT2D eigenvalue weighted by Gasteiger charge is -2.26. The number of carbonyl (C=O) groups excluding carboxylic acids is 3. The molecule has 3 aromatic rings. The van der Waals surface area contributed by atoms with Crippen LogP contribution < -0.4 is 10.1 Å². The number of nitrogens with zero attached hydrogens (tertiary/aromatic N) is 1. The summed E-state index contributed by atoms with van der Waals surface area (Å²) in [7, 11) is 1.54. The first-order valence-electron chi connectivity index (χ1n) is 10.9. The van der Waals surface area contributed by atoms with E-state index >= 15 is 0 Å². The number of ether oxygens (including phenoxy) is 2. The zero-order valence-corrected chi connectivity index (χ0v) is 19.3. The maximum Gasteiger partial charge on any atom is 0.326 e. The molecule has 0 heterocycles. The third-order valence-electron chi connectivity index (χ3n) is 5.15. The average molecular weight is 461 g/mol. The van der Waals surface area contributed by atoms with E-state index in [1.807, 2.05) is 60.7 Å². The van der Waals surface area contributed by atoms with E-state index in [2.05, 4.69) is 5.32 Å². The Balaban J connectivity index is 1.58. The smallest absolute Gasteiger partial charge is 0.326 e. The second-order valence-corrected chi connectivity index (χ2v) is 7.71. The van der Waals surface area contributed by atoms with Crippen molar-refractivity contribution in [2.24, 2.45) is 0 Å². The van der Waals surface area contributed by atoms with Gasteiger partial charge in [0.1, 0.15) is 12.3 Å². The van der Waals surface area contributed by atoms with Crippen LogP contribution in [-0.2, 0) is 27.4 Å². The zero-order valence-electron chi connectivity index (χ0n) is 19.3. The van der Waals surface area contributed by atoms with Gasteiger partial charge in [-0.15, -0.1) is 0 Å². The Morgan fingerprint density at radius 2 is 1.35 bits per heavy atom. The van der Waals surface area contributed by atoms with E-state index < -0.39 is 18.0 Å². The molecule has 0 aliphatic rings. The van der Waals surface area contributed by atoms with Gasteiger partial charge in [-0.25, -0.2) is 0 Å². The van der Waals surface area contributed by atoms with Crippen LogP contribution in [0.25, 0.3) is 0 Å². The Labute approximate surface area is 199 Å². The molecule has 2 amide bonds. The van der Waals surface area contributed by atoms with Gasteiger partial charge in [-0.05, 0) is 42.3 Å². The molecule has 0 saturated carbocycles. The molecule has 0 bridgehead atoms. The van der Waals surface area contributed by atoms with Crippen LogP contribution in [0.1, 0.15) is 28.4 Å². The number of nitrogens with one attached hydrogen (secondary N) is 1. The van der Waals surface area contributed by atoms with Gasteiger partial charge in [0.05, 0.1) is 7.11 Å². The molecule has 0 aliphatic heterocycles. The lowest BCUT2D eigenvalue weighted by Crippen LogP contribution is -2.41. The van der Waals surface area contributed by atoms with Crippen LogP contribution in [0.2, 0.25) is 0 Å². The van der Waals surface area contributed by atoms with Gasteiger partial charge in [0.2, 0.25) is 0 Å². The summed E-state index contributed by atoms with van der Waals surface area (Å²) in [6, 6.07) is 25.7. The van der Waals surface area contributed by atoms with Gasteiger partial charge < -0.3 is 19.7 Å². The summed E-state index contributed by atoms with van der Waals surface area (Å²) in [5.74, 6) is -0.808. The minimum atomic E-state index is -1.00. The molecule has 0 aliphatic carbocycles. The van der Waals surface area contributed by atoms with Crippen LogP contribution in [0.15, 0.2) is 84.9 Å². The Hall–Kier alpha value is -4.13. The fraction of sp³-hybridized carbons (Fsp3) is 0.222. The fourth-order valence-electron chi connectivity index (χ4n) is 3.36. The molecule has 0 saturated heterocycles. The van der Waals surface area contributed by atoms with Gasteiger partial charge in [0, 0.05) is 18.7 Å². The minimum absolute atomic E-state index is 0.317. The Morgan fingerprint density at radius 3 is 1.85 bits per heavy atom. The summed E-state index contributed by atoms with van der Waals surface area (Å²) in [6.07, 6.45) is -1.00. The van der Waals surface area contributed by atoms with Crippen molar-refractivity contribution in [2.45, 2.75) is 26.1 Å². The predicted molar refractivity (Wildman–Crippen MR) is 128 cm³/mol. The molecule has 1 atom stereocenters. The first kappa shape index (κ1) is 24.5. The topological polar surface area (TPSA) is 84.9 Å². The summed E-state index contributed by atoms with van der Waals surface area (Å²) < 4.78 is 10.4. The summed E-state index contributed by atoms with van der Waals surface area (Å²) in [6.45, 7) is 1.95. The number of amides is 2. The number of carbonyl (C=O) groups is 3. The third kappa shape index (κ3) is 7.20. The Bertz CT molecular complexity index is 1040. The average Bonchev–Trinajstić information content (AvgIpc) is 2.87. The number of esters is 1. The molecular formula is C27H28N2O5. The van der Waals surface area contributed by atoms with Crippen molar-refractivity contribution in [3.63, 3.8) is 0 Å². The molecule has 176 valence electrons. The first-order chi connectivity index (χ1) is 16.5. The highest BCUT2D eigenvalue weighted by molar-refractivity contribution is 5.96. The second kappa shape index (κ2) is 12.2. The van der Waals surface area contributed by atoms with Gasteiger partial charge in [-0.3, -0.25) is 14.4 Å². The van der Waals surface area contributed by atoms with Crippen LogP contribution in [-0.4, -0.2) is 42.4 Å². The van der Waals surface area contributed by atoms with E-state index in [9.17, 15) is 14.4 Å². The number of hydrogen-bond donors (Lipinski definition) is 1. The molecule has 0 aromatic heterocycles. The van der Waals surface area contributed by atoms with Gasteiger partial charge >= 0.3 is 5.97 Å². The van der Waals surface area contributed by atoms with Crippen molar-refractivity contribution >= 4 is 17.8 Å². The number of rotatable bonds is 10. The van der Waals surface area contributed by atoms with Crippen LogP contribution in [0.5, 0.6) is 5.75 Å². The third-order valence-corrected chi connectivity index (χ3v) is 5.15. The summed E-state index contributed by atoms with van der Waals surface area (Å²) in [5.41, 5.74) is 2.32. The zero-order chi connectivity index (χ0) is 24.3. The van der Waals surface area contributed by atoms with Gasteiger partial charge in [0.15, 0.2) is 6.10 Å². The second-order valence-electron chi connectivity index (χ2n) is 7.71. The van der Waals surface area contributed by atoms with Crippen molar-refractivity contribution in [3.8, 4) is 5.75 Å². The summed E-state index contributed by atoms with van der Waals surface area (Å²) in [4.78, 5) is 39.4. The predicted octanol–water partition coefficient (Wildman–Crippen LogP) is 3.59. The monoisotopic (exact) mass is 460 g/mol. The van der Waals surface area contributed by atoms with E-state index in [0.717, 1.165) is 11.1 Å². The maximum absolute atomic E-state index is 13.2. The van der Waals surface area contributed by atoms with Crippen molar-refractivity contribution in [2.75, 3.05) is 13.7 Å². The summed E-state index contributed by atoms with van der Waals surface area (Å²) >= 11 is 0. The highest BCUT2D eigenvalue weighted by Gasteiger charge is 2.24. The van der Waals surface area contributed by atoms with Crippen molar-refractivity contribution in [3.05, 3.63) is 102 Å². The van der Waals surface area contributed by atoms with E-state index in [1.54, 1.807) is 29.2 Å². The largest absolute Gasteiger partial charge is 0.497 e. The number of hydrogen-bond acceptors (Lipinski definition) is 5. The highest BCUT2D eigenvalue weighted by atomic mass is 16.5. The first-order valence-corrected chi connectivity index (χ1v) is 10.9. The van der Waals surface area contributed by atoms with Crippen LogP contribution in [0.3, 0.4) is 0 Å². The molecule has 3 rings (SSSR count). The highest BCUT2D eigenvalue weighted by Crippen LogP contribution is 2.13. The van der Waals surface area contributed by atoms with E-state index in [-0.39, 0.29) is 12.5 Å². The molecule has 1 unspecified atom stereocenters.